The van der Waals surface area contributed by atoms with Crippen LogP contribution in [0, 0.1) is 39.3 Å². The Bertz CT molecular complexity index is 1170. The summed E-state index contributed by atoms with van der Waals surface area (Å²) in [6.07, 6.45) is 0. The summed E-state index contributed by atoms with van der Waals surface area (Å²) >= 11 is 0. The van der Waals surface area contributed by atoms with Crippen molar-refractivity contribution in [2.75, 3.05) is 0 Å². The van der Waals surface area contributed by atoms with Gasteiger partial charge in [-0.1, -0.05) is 12.1 Å². The molecule has 0 amide bonds. The first kappa shape index (κ1) is 22.3. The maximum absolute atomic E-state index is 13.5. The predicted molar refractivity (Wildman–Crippen MR) is 125 cm³/mol. The summed E-state index contributed by atoms with van der Waals surface area (Å²) in [6.45, 7) is 7.67. The van der Waals surface area contributed by atoms with E-state index in [1.54, 1.807) is 24.3 Å². The molecule has 0 atom stereocenters. The zero-order chi connectivity index (χ0) is 23.5. The smallest absolute Gasteiger partial charge is 0.133 e. The standard InChI is InChI=1S/C28H24F2O3/c1-17-11-25(12-18(2)27(17)32-23-9-5-7-21(29)15-23)31-26-13-19(3)28(20(4)14-26)33-24-10-6-8-22(30)16-24/h5-16H,1-4H3. The highest BCUT2D eigenvalue weighted by atomic mass is 19.1. The average molecular weight is 446 g/mol. The highest BCUT2D eigenvalue weighted by Crippen LogP contribution is 2.37. The van der Waals surface area contributed by atoms with Crippen molar-refractivity contribution < 1.29 is 23.0 Å². The Labute approximate surface area is 192 Å². The van der Waals surface area contributed by atoms with Crippen LogP contribution in [-0.4, -0.2) is 0 Å². The van der Waals surface area contributed by atoms with Crippen LogP contribution in [0.3, 0.4) is 0 Å². The van der Waals surface area contributed by atoms with Crippen LogP contribution < -0.4 is 14.2 Å². The molecule has 0 aliphatic rings. The van der Waals surface area contributed by atoms with E-state index in [-0.39, 0.29) is 11.6 Å². The van der Waals surface area contributed by atoms with Crippen molar-refractivity contribution in [1.29, 1.82) is 0 Å². The quantitative estimate of drug-likeness (QED) is 0.297. The zero-order valence-electron chi connectivity index (χ0n) is 18.9. The van der Waals surface area contributed by atoms with Crippen molar-refractivity contribution in [2.45, 2.75) is 27.7 Å². The second kappa shape index (κ2) is 9.33. The third kappa shape index (κ3) is 5.32. The van der Waals surface area contributed by atoms with Gasteiger partial charge in [-0.05, 0) is 98.5 Å². The lowest BCUT2D eigenvalue weighted by molar-refractivity contribution is 0.454. The summed E-state index contributed by atoms with van der Waals surface area (Å²) in [5.74, 6) is 2.84. The van der Waals surface area contributed by atoms with Crippen LogP contribution in [0.25, 0.3) is 0 Å². The molecule has 0 fully saturated rings. The molecule has 4 aromatic carbocycles. The Morgan fingerprint density at radius 2 is 0.818 bits per heavy atom. The number of halogens is 2. The van der Waals surface area contributed by atoms with Gasteiger partial charge in [0.2, 0.25) is 0 Å². The molecule has 0 bridgehead atoms. The Kier molecular flexibility index (Phi) is 6.31. The molecule has 0 N–H and O–H groups in total. The Balaban J connectivity index is 1.55. The monoisotopic (exact) mass is 446 g/mol. The third-order valence-electron chi connectivity index (χ3n) is 5.14. The molecule has 0 radical (unpaired) electrons. The number of hydrogen-bond donors (Lipinski definition) is 0. The van der Waals surface area contributed by atoms with Crippen molar-refractivity contribution in [2.24, 2.45) is 0 Å². The molecule has 4 rings (SSSR count). The van der Waals surface area contributed by atoms with Gasteiger partial charge in [0.15, 0.2) is 0 Å². The van der Waals surface area contributed by atoms with Crippen LogP contribution in [-0.2, 0) is 0 Å². The van der Waals surface area contributed by atoms with Crippen LogP contribution >= 0.6 is 0 Å². The van der Waals surface area contributed by atoms with Gasteiger partial charge in [-0.15, -0.1) is 0 Å². The highest BCUT2D eigenvalue weighted by Gasteiger charge is 2.13. The van der Waals surface area contributed by atoms with Gasteiger partial charge < -0.3 is 14.2 Å². The lowest BCUT2D eigenvalue weighted by Crippen LogP contribution is -1.96. The lowest BCUT2D eigenvalue weighted by Gasteiger charge is -2.16. The summed E-state index contributed by atoms with van der Waals surface area (Å²) in [5.41, 5.74) is 3.48. The number of benzene rings is 4. The van der Waals surface area contributed by atoms with Crippen LogP contribution in [0.1, 0.15) is 22.3 Å². The van der Waals surface area contributed by atoms with E-state index in [4.69, 9.17) is 14.2 Å². The fourth-order valence-corrected chi connectivity index (χ4v) is 3.69. The van der Waals surface area contributed by atoms with Crippen molar-refractivity contribution in [1.82, 2.24) is 0 Å². The number of rotatable bonds is 6. The van der Waals surface area contributed by atoms with Crippen LogP contribution in [0.4, 0.5) is 8.78 Å². The first-order chi connectivity index (χ1) is 15.8. The van der Waals surface area contributed by atoms with Gasteiger partial charge in [0, 0.05) is 12.1 Å². The van der Waals surface area contributed by atoms with Gasteiger partial charge in [-0.2, -0.15) is 0 Å². The normalized spacial score (nSPS) is 10.7. The Morgan fingerprint density at radius 1 is 0.455 bits per heavy atom. The largest absolute Gasteiger partial charge is 0.457 e. The molecule has 0 heterocycles. The van der Waals surface area contributed by atoms with E-state index in [2.05, 4.69) is 0 Å². The summed E-state index contributed by atoms with van der Waals surface area (Å²) in [5, 5.41) is 0. The number of aryl methyl sites for hydroxylation is 4. The number of hydrogen-bond acceptors (Lipinski definition) is 3. The molecule has 0 unspecified atom stereocenters. The zero-order valence-corrected chi connectivity index (χ0v) is 18.9. The average Bonchev–Trinajstić information content (AvgIpc) is 2.74. The molecule has 4 aromatic rings. The van der Waals surface area contributed by atoms with Crippen molar-refractivity contribution in [3.05, 3.63) is 107 Å². The van der Waals surface area contributed by atoms with E-state index in [9.17, 15) is 8.78 Å². The van der Waals surface area contributed by atoms with Crippen molar-refractivity contribution >= 4 is 0 Å². The second-order valence-electron chi connectivity index (χ2n) is 7.99. The SMILES string of the molecule is Cc1cc(Oc2cc(C)c(Oc3cccc(F)c3)c(C)c2)cc(C)c1Oc1cccc(F)c1. The molecule has 0 saturated carbocycles. The van der Waals surface area contributed by atoms with E-state index in [0.717, 1.165) is 22.3 Å². The summed E-state index contributed by atoms with van der Waals surface area (Å²) in [4.78, 5) is 0. The van der Waals surface area contributed by atoms with E-state index in [0.29, 0.717) is 34.5 Å². The second-order valence-corrected chi connectivity index (χ2v) is 7.99. The minimum Gasteiger partial charge on any atom is -0.457 e. The van der Waals surface area contributed by atoms with Gasteiger partial charge in [-0.3, -0.25) is 0 Å². The summed E-state index contributed by atoms with van der Waals surface area (Å²) < 4.78 is 44.9. The fraction of sp³-hybridized carbons (Fsp3) is 0.143. The van der Waals surface area contributed by atoms with Crippen molar-refractivity contribution in [3.8, 4) is 34.5 Å². The molecule has 33 heavy (non-hydrogen) atoms. The topological polar surface area (TPSA) is 27.7 Å². The highest BCUT2D eigenvalue weighted by molar-refractivity contribution is 5.52. The summed E-state index contributed by atoms with van der Waals surface area (Å²) in [7, 11) is 0. The van der Waals surface area contributed by atoms with E-state index < -0.39 is 0 Å². The molecule has 0 saturated heterocycles. The molecule has 0 aromatic heterocycles. The van der Waals surface area contributed by atoms with Crippen LogP contribution in [0.2, 0.25) is 0 Å². The Morgan fingerprint density at radius 3 is 1.15 bits per heavy atom. The van der Waals surface area contributed by atoms with Gasteiger partial charge in [0.25, 0.3) is 0 Å². The minimum absolute atomic E-state index is 0.349. The summed E-state index contributed by atoms with van der Waals surface area (Å²) in [6, 6.07) is 19.6. The van der Waals surface area contributed by atoms with Gasteiger partial charge in [-0.25, -0.2) is 8.78 Å². The molecule has 0 aliphatic heterocycles. The van der Waals surface area contributed by atoms with Crippen LogP contribution in [0.15, 0.2) is 72.8 Å². The van der Waals surface area contributed by atoms with E-state index in [1.807, 2.05) is 52.0 Å². The number of ether oxygens (including phenoxy) is 3. The lowest BCUT2D eigenvalue weighted by atomic mass is 10.1. The Hall–Kier alpha value is -3.86. The molecule has 168 valence electrons. The van der Waals surface area contributed by atoms with Gasteiger partial charge >= 0.3 is 0 Å². The molecule has 5 heteroatoms. The molecule has 0 aliphatic carbocycles. The fourth-order valence-electron chi connectivity index (χ4n) is 3.69. The van der Waals surface area contributed by atoms with E-state index >= 15 is 0 Å². The molecular formula is C28H24F2O3. The van der Waals surface area contributed by atoms with E-state index in [1.165, 1.54) is 24.3 Å². The molecule has 3 nitrogen and oxygen atoms in total. The van der Waals surface area contributed by atoms with Gasteiger partial charge in [0.1, 0.15) is 46.1 Å². The third-order valence-corrected chi connectivity index (χ3v) is 5.14. The first-order valence-electron chi connectivity index (χ1n) is 10.6. The minimum atomic E-state index is -0.349. The predicted octanol–water partition coefficient (Wildman–Crippen LogP) is 8.58. The maximum Gasteiger partial charge on any atom is 0.133 e. The maximum atomic E-state index is 13.5. The van der Waals surface area contributed by atoms with Crippen molar-refractivity contribution in [3.63, 3.8) is 0 Å². The molecular weight excluding hydrogens is 422 g/mol. The molecule has 0 spiro atoms. The van der Waals surface area contributed by atoms with Crippen LogP contribution in [0.5, 0.6) is 34.5 Å². The van der Waals surface area contributed by atoms with Gasteiger partial charge in [0.05, 0.1) is 0 Å². The first-order valence-corrected chi connectivity index (χ1v) is 10.6.